The minimum atomic E-state index is -0.569. The summed E-state index contributed by atoms with van der Waals surface area (Å²) in [7, 11) is 0. The molecule has 5 nitrogen and oxygen atoms in total. The molecular formula is C13H17NO4. The van der Waals surface area contributed by atoms with Crippen molar-refractivity contribution in [2.75, 3.05) is 13.2 Å². The van der Waals surface area contributed by atoms with Crippen molar-refractivity contribution in [3.63, 3.8) is 0 Å². The Hall–Kier alpha value is -1.65. The van der Waals surface area contributed by atoms with Crippen LogP contribution >= 0.6 is 0 Å². The average molecular weight is 251 g/mol. The van der Waals surface area contributed by atoms with E-state index >= 15 is 0 Å². The average Bonchev–Trinajstić information content (AvgIpc) is 2.75. The van der Waals surface area contributed by atoms with E-state index in [9.17, 15) is 14.4 Å². The van der Waals surface area contributed by atoms with Gasteiger partial charge in [0.1, 0.15) is 6.61 Å². The number of ether oxygens (including phenoxy) is 1. The van der Waals surface area contributed by atoms with Gasteiger partial charge in [0.15, 0.2) is 5.78 Å². The molecular weight excluding hydrogens is 234 g/mol. The van der Waals surface area contributed by atoms with Crippen LogP contribution in [0.3, 0.4) is 0 Å². The van der Waals surface area contributed by atoms with Crippen LogP contribution < -0.4 is 0 Å². The van der Waals surface area contributed by atoms with Gasteiger partial charge in [0.25, 0.3) is 0 Å². The maximum atomic E-state index is 12.3. The molecule has 18 heavy (non-hydrogen) atoms. The minimum absolute atomic E-state index is 0.00778. The standard InChI is InChI=1S/C13H17NO4/c1-2-3-9-8-10(15)4-5-11(9)12(16)14-6-7-18-13(14)17/h4-5,9,11H,2-3,6-8H2,1H3/t9-,11-/m1/s1. The minimum Gasteiger partial charge on any atom is -0.447 e. The van der Waals surface area contributed by atoms with Crippen molar-refractivity contribution in [1.29, 1.82) is 0 Å². The lowest BCUT2D eigenvalue weighted by Crippen LogP contribution is -2.40. The van der Waals surface area contributed by atoms with Gasteiger partial charge < -0.3 is 4.74 Å². The van der Waals surface area contributed by atoms with Crippen molar-refractivity contribution >= 4 is 17.8 Å². The number of hydrogen-bond donors (Lipinski definition) is 0. The van der Waals surface area contributed by atoms with Gasteiger partial charge in [0, 0.05) is 6.42 Å². The van der Waals surface area contributed by atoms with E-state index < -0.39 is 6.09 Å². The fourth-order valence-corrected chi connectivity index (χ4v) is 2.53. The van der Waals surface area contributed by atoms with Crippen LogP contribution in [0.2, 0.25) is 0 Å². The van der Waals surface area contributed by atoms with E-state index in [0.29, 0.717) is 13.0 Å². The summed E-state index contributed by atoms with van der Waals surface area (Å²) in [5.41, 5.74) is 0. The van der Waals surface area contributed by atoms with Gasteiger partial charge in [-0.1, -0.05) is 19.4 Å². The third kappa shape index (κ3) is 2.44. The molecule has 0 radical (unpaired) electrons. The smallest absolute Gasteiger partial charge is 0.416 e. The maximum Gasteiger partial charge on any atom is 0.416 e. The Kier molecular flexibility index (Phi) is 3.79. The van der Waals surface area contributed by atoms with Crippen LogP contribution in [0.4, 0.5) is 4.79 Å². The van der Waals surface area contributed by atoms with Crippen LogP contribution in [0, 0.1) is 11.8 Å². The second kappa shape index (κ2) is 5.33. The molecule has 1 aliphatic carbocycles. The van der Waals surface area contributed by atoms with Gasteiger partial charge in [0.05, 0.1) is 12.5 Å². The van der Waals surface area contributed by atoms with Gasteiger partial charge in [-0.25, -0.2) is 9.69 Å². The first-order valence-corrected chi connectivity index (χ1v) is 6.32. The summed E-state index contributed by atoms with van der Waals surface area (Å²) >= 11 is 0. The summed E-state index contributed by atoms with van der Waals surface area (Å²) in [6, 6.07) is 0. The Labute approximate surface area is 106 Å². The number of carbonyl (C=O) groups is 3. The molecule has 2 atom stereocenters. The molecule has 2 aliphatic rings. The highest BCUT2D eigenvalue weighted by atomic mass is 16.6. The molecule has 0 aromatic rings. The van der Waals surface area contributed by atoms with Gasteiger partial charge in [-0.05, 0) is 18.4 Å². The molecule has 1 aliphatic heterocycles. The molecule has 0 unspecified atom stereocenters. The number of carbonyl (C=O) groups excluding carboxylic acids is 3. The fraction of sp³-hybridized carbons (Fsp3) is 0.615. The number of cyclic esters (lactones) is 1. The van der Waals surface area contributed by atoms with E-state index in [0.717, 1.165) is 17.7 Å². The van der Waals surface area contributed by atoms with Crippen LogP contribution in [-0.2, 0) is 14.3 Å². The van der Waals surface area contributed by atoms with E-state index in [-0.39, 0.29) is 30.1 Å². The zero-order valence-corrected chi connectivity index (χ0v) is 10.4. The van der Waals surface area contributed by atoms with E-state index in [2.05, 4.69) is 0 Å². The van der Waals surface area contributed by atoms with Crippen LogP contribution in [-0.4, -0.2) is 35.8 Å². The van der Waals surface area contributed by atoms with Crippen molar-refractivity contribution in [1.82, 2.24) is 4.90 Å². The molecule has 2 rings (SSSR count). The lowest BCUT2D eigenvalue weighted by molar-refractivity contribution is -0.132. The van der Waals surface area contributed by atoms with Gasteiger partial charge in [-0.2, -0.15) is 0 Å². The predicted molar refractivity (Wildman–Crippen MR) is 63.7 cm³/mol. The molecule has 1 heterocycles. The van der Waals surface area contributed by atoms with Gasteiger partial charge in [-0.3, -0.25) is 9.59 Å². The molecule has 2 amide bonds. The van der Waals surface area contributed by atoms with Crippen molar-refractivity contribution in [2.24, 2.45) is 11.8 Å². The second-order valence-electron chi connectivity index (χ2n) is 4.71. The first kappa shape index (κ1) is 12.8. The Morgan fingerprint density at radius 3 is 2.89 bits per heavy atom. The molecule has 5 heteroatoms. The van der Waals surface area contributed by atoms with E-state index in [4.69, 9.17) is 4.74 Å². The second-order valence-corrected chi connectivity index (χ2v) is 4.71. The van der Waals surface area contributed by atoms with Crippen molar-refractivity contribution < 1.29 is 19.1 Å². The summed E-state index contributed by atoms with van der Waals surface area (Å²) in [4.78, 5) is 36.2. The Morgan fingerprint density at radius 2 is 2.28 bits per heavy atom. The molecule has 98 valence electrons. The lowest BCUT2D eigenvalue weighted by atomic mass is 9.80. The third-order valence-electron chi connectivity index (χ3n) is 3.43. The first-order valence-electron chi connectivity index (χ1n) is 6.32. The van der Waals surface area contributed by atoms with E-state index in [1.807, 2.05) is 6.92 Å². The van der Waals surface area contributed by atoms with Gasteiger partial charge >= 0.3 is 6.09 Å². The van der Waals surface area contributed by atoms with Crippen LogP contribution in [0.5, 0.6) is 0 Å². The molecule has 0 aromatic heterocycles. The molecule has 0 spiro atoms. The lowest BCUT2D eigenvalue weighted by Gasteiger charge is -2.27. The zero-order chi connectivity index (χ0) is 13.1. The Morgan fingerprint density at radius 1 is 1.50 bits per heavy atom. The summed E-state index contributed by atoms with van der Waals surface area (Å²) in [6.45, 7) is 2.60. The van der Waals surface area contributed by atoms with Crippen molar-refractivity contribution in [3.8, 4) is 0 Å². The summed E-state index contributed by atoms with van der Waals surface area (Å²) in [6.07, 6.45) is 4.65. The third-order valence-corrected chi connectivity index (χ3v) is 3.43. The normalized spacial score (nSPS) is 27.5. The maximum absolute atomic E-state index is 12.3. The molecule has 0 N–H and O–H groups in total. The predicted octanol–water partition coefficient (Wildman–Crippen LogP) is 1.53. The quantitative estimate of drug-likeness (QED) is 0.763. The molecule has 0 saturated carbocycles. The van der Waals surface area contributed by atoms with Crippen LogP contribution in [0.1, 0.15) is 26.2 Å². The van der Waals surface area contributed by atoms with Gasteiger partial charge in [-0.15, -0.1) is 0 Å². The van der Waals surface area contributed by atoms with E-state index in [1.54, 1.807) is 6.08 Å². The zero-order valence-electron chi connectivity index (χ0n) is 10.4. The SMILES string of the molecule is CCC[C@@H]1CC(=O)C=C[C@H]1C(=O)N1CCOC1=O. The molecule has 1 fully saturated rings. The monoisotopic (exact) mass is 251 g/mol. The highest BCUT2D eigenvalue weighted by Gasteiger charge is 2.37. The number of ketones is 1. The fourth-order valence-electron chi connectivity index (χ4n) is 2.53. The topological polar surface area (TPSA) is 63.7 Å². The summed E-state index contributed by atoms with van der Waals surface area (Å²) in [5.74, 6) is -0.539. The largest absolute Gasteiger partial charge is 0.447 e. The number of imide groups is 1. The van der Waals surface area contributed by atoms with Crippen LogP contribution in [0.25, 0.3) is 0 Å². The highest BCUT2D eigenvalue weighted by Crippen LogP contribution is 2.29. The Bertz CT molecular complexity index is 402. The number of nitrogens with zero attached hydrogens (tertiary/aromatic N) is 1. The Balaban J connectivity index is 2.13. The molecule has 1 saturated heterocycles. The number of hydrogen-bond acceptors (Lipinski definition) is 4. The van der Waals surface area contributed by atoms with E-state index in [1.165, 1.54) is 6.08 Å². The highest BCUT2D eigenvalue weighted by molar-refractivity contribution is 5.98. The number of amides is 2. The summed E-state index contributed by atoms with van der Waals surface area (Å²) in [5, 5.41) is 0. The van der Waals surface area contributed by atoms with Crippen molar-refractivity contribution in [2.45, 2.75) is 26.2 Å². The van der Waals surface area contributed by atoms with Crippen molar-refractivity contribution in [3.05, 3.63) is 12.2 Å². The number of rotatable bonds is 3. The number of allylic oxidation sites excluding steroid dienone is 1. The summed E-state index contributed by atoms with van der Waals surface area (Å²) < 4.78 is 4.77. The first-order chi connectivity index (χ1) is 8.63. The van der Waals surface area contributed by atoms with Crippen LogP contribution in [0.15, 0.2) is 12.2 Å². The van der Waals surface area contributed by atoms with Gasteiger partial charge in [0.2, 0.25) is 5.91 Å². The molecule has 0 aromatic carbocycles. The molecule has 0 bridgehead atoms.